The molecule has 0 fully saturated rings. The second-order valence-corrected chi connectivity index (χ2v) is 12.1. The maximum atomic E-state index is 12.2. The molecule has 0 spiro atoms. The van der Waals surface area contributed by atoms with Crippen LogP contribution in [-0.2, 0) is 9.53 Å². The highest BCUT2D eigenvalue weighted by Gasteiger charge is 2.20. The molecule has 23 heavy (non-hydrogen) atoms. The van der Waals surface area contributed by atoms with Crippen LogP contribution in [0, 0.1) is 11.8 Å². The van der Waals surface area contributed by atoms with Gasteiger partial charge in [0.25, 0.3) is 0 Å². The minimum Gasteiger partial charge on any atom is -0.462 e. The summed E-state index contributed by atoms with van der Waals surface area (Å²) < 4.78 is 5.23. The highest BCUT2D eigenvalue weighted by Crippen LogP contribution is 2.24. The number of esters is 1. The lowest BCUT2D eigenvalue weighted by molar-refractivity contribution is -0.139. The fourth-order valence-electron chi connectivity index (χ4n) is 1.88. The molecule has 0 saturated heterocycles. The third-order valence-corrected chi connectivity index (χ3v) is 4.40. The van der Waals surface area contributed by atoms with Crippen LogP contribution in [0.15, 0.2) is 55.1 Å². The van der Waals surface area contributed by atoms with Crippen molar-refractivity contribution in [1.82, 2.24) is 0 Å². The summed E-state index contributed by atoms with van der Waals surface area (Å²) in [7, 11) is -1.24. The summed E-state index contributed by atoms with van der Waals surface area (Å²) in [5, 5.41) is 0. The van der Waals surface area contributed by atoms with Crippen LogP contribution in [-0.4, -0.2) is 20.7 Å². The van der Waals surface area contributed by atoms with Gasteiger partial charge in [-0.1, -0.05) is 68.5 Å². The van der Waals surface area contributed by atoms with E-state index in [0.717, 1.165) is 11.6 Å². The summed E-state index contributed by atoms with van der Waals surface area (Å²) in [5.74, 6) is 5.78. The van der Waals surface area contributed by atoms with Crippen molar-refractivity contribution < 1.29 is 9.53 Å². The van der Waals surface area contributed by atoms with E-state index in [2.05, 4.69) is 44.6 Å². The number of carbonyl (C=O) groups is 1. The summed E-state index contributed by atoms with van der Waals surface area (Å²) in [6.45, 7) is 14.7. The van der Waals surface area contributed by atoms with Crippen molar-refractivity contribution >= 4 is 14.0 Å². The number of ether oxygens (including phenoxy) is 1. The first kappa shape index (κ1) is 19.0. The van der Waals surface area contributed by atoms with Crippen LogP contribution in [0.4, 0.5) is 0 Å². The Kier molecular flexibility index (Phi) is 7.57. The van der Waals surface area contributed by atoms with E-state index in [-0.39, 0.29) is 11.9 Å². The lowest BCUT2D eigenvalue weighted by Gasteiger charge is -2.15. The highest BCUT2D eigenvalue weighted by atomic mass is 28.3. The van der Waals surface area contributed by atoms with Crippen molar-refractivity contribution in [2.45, 2.75) is 38.0 Å². The Hall–Kier alpha value is -2.05. The Balaban J connectivity index is 2.93. The molecule has 3 heteroatoms. The van der Waals surface area contributed by atoms with Gasteiger partial charge in [0.15, 0.2) is 0 Å². The second kappa shape index (κ2) is 9.17. The van der Waals surface area contributed by atoms with Crippen LogP contribution in [0.2, 0.25) is 25.7 Å². The number of carbonyl (C=O) groups excluding carboxylic acids is 1. The summed E-state index contributed by atoms with van der Waals surface area (Å²) in [6.07, 6.45) is 2.36. The van der Waals surface area contributed by atoms with Crippen LogP contribution < -0.4 is 0 Å². The molecule has 0 aliphatic heterocycles. The maximum absolute atomic E-state index is 12.2. The van der Waals surface area contributed by atoms with Gasteiger partial charge >= 0.3 is 5.97 Å². The monoisotopic (exact) mass is 326 g/mol. The molecule has 0 saturated carbocycles. The minimum absolute atomic E-state index is 0.316. The predicted octanol–water partition coefficient (Wildman–Crippen LogP) is 4.79. The van der Waals surface area contributed by atoms with Gasteiger partial charge in [0.1, 0.15) is 0 Å². The molecule has 0 bridgehead atoms. The van der Waals surface area contributed by atoms with E-state index in [4.69, 9.17) is 4.74 Å². The first-order valence-electron chi connectivity index (χ1n) is 7.85. The molecule has 2 nitrogen and oxygen atoms in total. The van der Waals surface area contributed by atoms with E-state index in [1.807, 2.05) is 30.3 Å². The molecular weight excluding hydrogens is 300 g/mol. The molecule has 122 valence electrons. The maximum Gasteiger partial charge on any atom is 0.335 e. The van der Waals surface area contributed by atoms with Gasteiger partial charge in [-0.3, -0.25) is 0 Å². The molecule has 0 unspecified atom stereocenters. The second-order valence-electron chi connectivity index (χ2n) is 6.64. The van der Waals surface area contributed by atoms with Gasteiger partial charge in [-0.2, -0.15) is 0 Å². The zero-order valence-corrected chi connectivity index (χ0v) is 15.4. The van der Waals surface area contributed by atoms with Gasteiger partial charge in [0.2, 0.25) is 0 Å². The number of hydrogen-bond acceptors (Lipinski definition) is 2. The Labute approximate surface area is 141 Å². The Bertz CT molecular complexity index is 600. The zero-order chi connectivity index (χ0) is 17.3. The van der Waals surface area contributed by atoms with Gasteiger partial charge in [-0.05, 0) is 12.0 Å². The van der Waals surface area contributed by atoms with Crippen LogP contribution >= 0.6 is 0 Å². The van der Waals surface area contributed by atoms with Crippen molar-refractivity contribution in [2.75, 3.05) is 6.61 Å². The zero-order valence-electron chi connectivity index (χ0n) is 14.4. The molecule has 1 aromatic carbocycles. The van der Waals surface area contributed by atoms with E-state index < -0.39 is 8.07 Å². The van der Waals surface area contributed by atoms with E-state index in [9.17, 15) is 4.79 Å². The van der Waals surface area contributed by atoms with E-state index in [1.54, 1.807) is 6.08 Å². The van der Waals surface area contributed by atoms with E-state index in [1.165, 1.54) is 0 Å². The molecular formula is C20H26O2Si. The molecule has 0 radical (unpaired) electrons. The first-order valence-corrected chi connectivity index (χ1v) is 11.6. The largest absolute Gasteiger partial charge is 0.462 e. The fraction of sp³-hybridized carbons (Fsp3) is 0.350. The molecule has 1 atom stereocenters. The topological polar surface area (TPSA) is 26.3 Å². The molecule has 0 aliphatic carbocycles. The van der Waals surface area contributed by atoms with Crippen LogP contribution in [0.1, 0.15) is 17.9 Å². The lowest BCUT2D eigenvalue weighted by atomic mass is 9.92. The Morgan fingerprint density at radius 1 is 1.30 bits per heavy atom. The van der Waals surface area contributed by atoms with Gasteiger partial charge in [0, 0.05) is 11.6 Å². The fourth-order valence-corrected chi connectivity index (χ4v) is 2.51. The van der Waals surface area contributed by atoms with E-state index >= 15 is 0 Å². The van der Waals surface area contributed by atoms with Gasteiger partial charge in [-0.25, -0.2) is 4.79 Å². The normalized spacial score (nSPS) is 11.8. The van der Waals surface area contributed by atoms with Gasteiger partial charge in [0.05, 0.1) is 20.6 Å². The minimum atomic E-state index is -1.24. The van der Waals surface area contributed by atoms with Crippen LogP contribution in [0.5, 0.6) is 0 Å². The van der Waals surface area contributed by atoms with Gasteiger partial charge < -0.3 is 4.74 Å². The van der Waals surface area contributed by atoms with Crippen LogP contribution in [0.3, 0.4) is 0 Å². The average molecular weight is 327 g/mol. The summed E-state index contributed by atoms with van der Waals surface area (Å²) in [6, 6.07) is 10.7. The van der Waals surface area contributed by atoms with Crippen LogP contribution in [0.25, 0.3) is 0 Å². The molecule has 0 aliphatic rings. The number of hydrogen-bond donors (Lipinski definition) is 0. The molecule has 0 aromatic heterocycles. The Morgan fingerprint density at radius 2 is 1.96 bits per heavy atom. The van der Waals surface area contributed by atoms with Crippen molar-refractivity contribution in [1.29, 1.82) is 0 Å². The standard InChI is InChI=1S/C20H26O2Si/c1-6-7-15-22-20(21)17(2)19(14-11-16-23(3,4)5)18-12-9-8-10-13-18/h6,8-10,12-13,19H,1-2,7,15-16H2,3-5H3/t19-/m0/s1. The predicted molar refractivity (Wildman–Crippen MR) is 100 cm³/mol. The summed E-state index contributed by atoms with van der Waals surface area (Å²) >= 11 is 0. The number of benzene rings is 1. The van der Waals surface area contributed by atoms with Crippen molar-refractivity contribution in [2.24, 2.45) is 0 Å². The highest BCUT2D eigenvalue weighted by molar-refractivity contribution is 6.76. The lowest BCUT2D eigenvalue weighted by Crippen LogP contribution is -2.18. The van der Waals surface area contributed by atoms with E-state index in [0.29, 0.717) is 18.6 Å². The van der Waals surface area contributed by atoms with Crippen molar-refractivity contribution in [3.8, 4) is 11.8 Å². The van der Waals surface area contributed by atoms with Gasteiger partial charge in [-0.15, -0.1) is 12.5 Å². The molecule has 0 N–H and O–H groups in total. The molecule has 1 aromatic rings. The summed E-state index contributed by atoms with van der Waals surface area (Å²) in [5.41, 5.74) is 1.37. The quantitative estimate of drug-likeness (QED) is 0.180. The molecule has 1 rings (SSSR count). The van der Waals surface area contributed by atoms with Crippen molar-refractivity contribution in [3.63, 3.8) is 0 Å². The molecule has 0 amide bonds. The third kappa shape index (κ3) is 7.16. The summed E-state index contributed by atoms with van der Waals surface area (Å²) in [4.78, 5) is 12.2. The number of rotatable bonds is 7. The first-order chi connectivity index (χ1) is 10.8. The van der Waals surface area contributed by atoms with Crippen molar-refractivity contribution in [3.05, 3.63) is 60.7 Å². The third-order valence-electron chi connectivity index (χ3n) is 3.16. The Morgan fingerprint density at radius 3 is 2.52 bits per heavy atom. The SMILES string of the molecule is C=CCCOC(=O)C(=C)[C@H](C#CC[Si](C)(C)C)c1ccccc1. The smallest absolute Gasteiger partial charge is 0.335 e. The average Bonchev–Trinajstić information content (AvgIpc) is 2.51. The molecule has 0 heterocycles.